The summed E-state index contributed by atoms with van der Waals surface area (Å²) in [5.41, 5.74) is 0.0105. The van der Waals surface area contributed by atoms with Crippen LogP contribution >= 0.6 is 11.6 Å². The van der Waals surface area contributed by atoms with Gasteiger partial charge in [-0.05, 0) is 6.42 Å². The molecule has 0 unspecified atom stereocenters. The molecule has 5 nitrogen and oxygen atoms in total. The third-order valence-electron chi connectivity index (χ3n) is 1.85. The Hall–Kier alpha value is -1.23. The molecule has 0 amide bonds. The van der Waals surface area contributed by atoms with Gasteiger partial charge in [0.2, 0.25) is 0 Å². The van der Waals surface area contributed by atoms with Crippen molar-refractivity contribution in [2.24, 2.45) is 0 Å². The van der Waals surface area contributed by atoms with E-state index in [-0.39, 0.29) is 10.8 Å². The van der Waals surface area contributed by atoms with Crippen molar-refractivity contribution in [1.29, 1.82) is 0 Å². The molecule has 1 aromatic heterocycles. The molecule has 1 aliphatic heterocycles. The van der Waals surface area contributed by atoms with Crippen molar-refractivity contribution in [2.75, 3.05) is 6.61 Å². The van der Waals surface area contributed by atoms with Crippen molar-refractivity contribution in [1.82, 2.24) is 9.55 Å². The van der Waals surface area contributed by atoms with Gasteiger partial charge in [-0.1, -0.05) is 11.6 Å². The minimum absolute atomic E-state index is 0.00981. The molecule has 0 saturated heterocycles. The molecule has 0 saturated carbocycles. The standard InChI is InChI=1S/C7H7ClN2O3/c8-5-4(6(11)12)10-2-1-3-13-7(10)9-5/h1-3H2,(H,11,12). The number of rotatable bonds is 1. The van der Waals surface area contributed by atoms with E-state index in [1.54, 1.807) is 0 Å². The van der Waals surface area contributed by atoms with Crippen molar-refractivity contribution < 1.29 is 14.6 Å². The van der Waals surface area contributed by atoms with E-state index < -0.39 is 5.97 Å². The third-order valence-corrected chi connectivity index (χ3v) is 2.11. The van der Waals surface area contributed by atoms with Gasteiger partial charge in [-0.2, -0.15) is 4.98 Å². The number of imidazole rings is 1. The molecule has 0 aromatic carbocycles. The first-order chi connectivity index (χ1) is 6.20. The smallest absolute Gasteiger partial charge is 0.355 e. The third kappa shape index (κ3) is 1.25. The summed E-state index contributed by atoms with van der Waals surface area (Å²) >= 11 is 5.64. The first-order valence-corrected chi connectivity index (χ1v) is 4.20. The highest BCUT2D eigenvalue weighted by Gasteiger charge is 2.24. The van der Waals surface area contributed by atoms with E-state index in [0.29, 0.717) is 19.2 Å². The van der Waals surface area contributed by atoms with E-state index in [1.807, 2.05) is 0 Å². The summed E-state index contributed by atoms with van der Waals surface area (Å²) in [6.45, 7) is 1.16. The molecule has 0 atom stereocenters. The predicted octanol–water partition coefficient (Wildman–Crippen LogP) is 1.02. The lowest BCUT2D eigenvalue weighted by Crippen LogP contribution is -2.17. The molecular formula is C7H7ClN2O3. The molecule has 0 radical (unpaired) electrons. The van der Waals surface area contributed by atoms with Crippen molar-refractivity contribution in [3.8, 4) is 6.01 Å². The second-order valence-electron chi connectivity index (χ2n) is 2.69. The predicted molar refractivity (Wildman–Crippen MR) is 44.3 cm³/mol. The number of carboxylic acid groups (broad SMARTS) is 1. The van der Waals surface area contributed by atoms with E-state index in [2.05, 4.69) is 4.98 Å². The molecule has 2 rings (SSSR count). The Labute approximate surface area is 78.9 Å². The number of hydrogen-bond donors (Lipinski definition) is 1. The maximum atomic E-state index is 10.8. The van der Waals surface area contributed by atoms with Gasteiger partial charge < -0.3 is 9.84 Å². The normalized spacial score (nSPS) is 14.8. The van der Waals surface area contributed by atoms with Crippen LogP contribution in [-0.4, -0.2) is 27.2 Å². The highest BCUT2D eigenvalue weighted by Crippen LogP contribution is 2.25. The number of carbonyl (C=O) groups is 1. The fourth-order valence-corrected chi connectivity index (χ4v) is 1.57. The summed E-state index contributed by atoms with van der Waals surface area (Å²) in [5.74, 6) is -1.07. The van der Waals surface area contributed by atoms with Crippen LogP contribution in [0.15, 0.2) is 0 Å². The van der Waals surface area contributed by atoms with E-state index in [0.717, 1.165) is 6.42 Å². The van der Waals surface area contributed by atoms with Gasteiger partial charge in [0.15, 0.2) is 10.8 Å². The number of halogens is 1. The summed E-state index contributed by atoms with van der Waals surface area (Å²) in [7, 11) is 0. The van der Waals surface area contributed by atoms with E-state index in [9.17, 15) is 4.79 Å². The van der Waals surface area contributed by atoms with Gasteiger partial charge >= 0.3 is 5.97 Å². The zero-order valence-corrected chi connectivity index (χ0v) is 7.41. The highest BCUT2D eigenvalue weighted by molar-refractivity contribution is 6.32. The first-order valence-electron chi connectivity index (χ1n) is 3.82. The van der Waals surface area contributed by atoms with Crippen molar-refractivity contribution in [2.45, 2.75) is 13.0 Å². The molecule has 1 aromatic rings. The van der Waals surface area contributed by atoms with Crippen LogP contribution in [0.25, 0.3) is 0 Å². The maximum absolute atomic E-state index is 10.8. The van der Waals surface area contributed by atoms with Crippen LogP contribution in [0.5, 0.6) is 6.01 Å². The van der Waals surface area contributed by atoms with Crippen molar-refractivity contribution in [3.05, 3.63) is 10.8 Å². The van der Waals surface area contributed by atoms with Crippen LogP contribution in [0, 0.1) is 0 Å². The second kappa shape index (κ2) is 2.92. The molecule has 0 spiro atoms. The van der Waals surface area contributed by atoms with Gasteiger partial charge in [-0.25, -0.2) is 4.79 Å². The van der Waals surface area contributed by atoms with Gasteiger partial charge in [-0.15, -0.1) is 0 Å². The van der Waals surface area contributed by atoms with Crippen LogP contribution in [-0.2, 0) is 6.54 Å². The number of aromatic carboxylic acids is 1. The number of nitrogens with zero attached hydrogens (tertiary/aromatic N) is 2. The minimum atomic E-state index is -1.07. The Morgan fingerprint density at radius 1 is 1.69 bits per heavy atom. The second-order valence-corrected chi connectivity index (χ2v) is 3.05. The zero-order valence-electron chi connectivity index (χ0n) is 6.66. The van der Waals surface area contributed by atoms with Gasteiger partial charge in [0.05, 0.1) is 6.61 Å². The Morgan fingerprint density at radius 2 is 2.46 bits per heavy atom. The molecule has 0 bridgehead atoms. The Balaban J connectivity index is 2.54. The average Bonchev–Trinajstić information content (AvgIpc) is 2.39. The van der Waals surface area contributed by atoms with E-state index in [4.69, 9.17) is 21.4 Å². The molecule has 2 heterocycles. The molecular weight excluding hydrogens is 196 g/mol. The van der Waals surface area contributed by atoms with Crippen LogP contribution in [0.3, 0.4) is 0 Å². The monoisotopic (exact) mass is 202 g/mol. The molecule has 0 aliphatic carbocycles. The molecule has 70 valence electrons. The lowest BCUT2D eigenvalue weighted by molar-refractivity contribution is 0.0680. The summed E-state index contributed by atoms with van der Waals surface area (Å²) < 4.78 is 6.62. The fraction of sp³-hybridized carbons (Fsp3) is 0.429. The number of carboxylic acids is 1. The van der Waals surface area contributed by atoms with Crippen LogP contribution in [0.1, 0.15) is 16.9 Å². The molecule has 1 N–H and O–H groups in total. The molecule has 1 aliphatic rings. The number of fused-ring (bicyclic) bond motifs is 1. The van der Waals surface area contributed by atoms with Gasteiger partial charge in [0, 0.05) is 6.54 Å². The number of aromatic nitrogens is 2. The SMILES string of the molecule is O=C(O)c1c(Cl)nc2n1CCCO2. The fourth-order valence-electron chi connectivity index (χ4n) is 1.31. The van der Waals surface area contributed by atoms with Crippen LogP contribution in [0.2, 0.25) is 5.15 Å². The average molecular weight is 203 g/mol. The Morgan fingerprint density at radius 3 is 3.15 bits per heavy atom. The topological polar surface area (TPSA) is 64.3 Å². The lowest BCUT2D eigenvalue weighted by atomic mass is 10.4. The molecule has 0 fully saturated rings. The minimum Gasteiger partial charge on any atom is -0.476 e. The lowest BCUT2D eigenvalue weighted by Gasteiger charge is -2.15. The van der Waals surface area contributed by atoms with Gasteiger partial charge in [-0.3, -0.25) is 4.57 Å². The summed E-state index contributed by atoms with van der Waals surface area (Å²) in [4.78, 5) is 14.6. The summed E-state index contributed by atoms with van der Waals surface area (Å²) in [6, 6.07) is 0.300. The number of hydrogen-bond acceptors (Lipinski definition) is 3. The molecule has 13 heavy (non-hydrogen) atoms. The van der Waals surface area contributed by atoms with Crippen molar-refractivity contribution >= 4 is 17.6 Å². The summed E-state index contributed by atoms with van der Waals surface area (Å²) in [5, 5.41) is 8.80. The highest BCUT2D eigenvalue weighted by atomic mass is 35.5. The van der Waals surface area contributed by atoms with Gasteiger partial charge in [0.1, 0.15) is 0 Å². The van der Waals surface area contributed by atoms with Gasteiger partial charge in [0.25, 0.3) is 6.01 Å². The van der Waals surface area contributed by atoms with Crippen LogP contribution in [0.4, 0.5) is 0 Å². The van der Waals surface area contributed by atoms with Crippen molar-refractivity contribution in [3.63, 3.8) is 0 Å². The Kier molecular flexibility index (Phi) is 1.88. The maximum Gasteiger partial charge on any atom is 0.355 e. The Bertz CT molecular complexity index is 361. The van der Waals surface area contributed by atoms with E-state index >= 15 is 0 Å². The quantitative estimate of drug-likeness (QED) is 0.739. The first kappa shape index (κ1) is 8.37. The number of ether oxygens (including phenoxy) is 1. The molecule has 6 heteroatoms. The van der Waals surface area contributed by atoms with Crippen LogP contribution < -0.4 is 4.74 Å². The van der Waals surface area contributed by atoms with E-state index in [1.165, 1.54) is 4.57 Å². The zero-order chi connectivity index (χ0) is 9.42. The summed E-state index contributed by atoms with van der Waals surface area (Å²) in [6.07, 6.45) is 0.778. The largest absolute Gasteiger partial charge is 0.476 e.